The fraction of sp³-hybridized carbons (Fsp3) is 0.125. The normalized spacial score (nSPS) is 11.7. The number of aldehydes is 1. The number of hydrogen-bond donors (Lipinski definition) is 3. The number of benzene rings is 2. The van der Waals surface area contributed by atoms with Crippen molar-refractivity contribution < 1.29 is 19.4 Å². The number of H-pyrrole nitrogens is 1. The van der Waals surface area contributed by atoms with Crippen molar-refractivity contribution >= 4 is 23.3 Å². The molecule has 1 amide bonds. The molecule has 31 heavy (non-hydrogen) atoms. The first-order valence-electron chi connectivity index (χ1n) is 9.80. The van der Waals surface area contributed by atoms with Crippen LogP contribution in [0.1, 0.15) is 15.9 Å². The molecule has 4 aromatic rings. The standard InChI is InChI=1S/C24H21N3O4/c28-14-16-5-7-17(8-6-16)18-10-21(13-25-11-18)31-15-20(27-24(29)30)9-19-12-26-23-4-2-1-3-22(19)23/h1-8,10-14,20,26-27H,9,15H2,(H,29,30). The molecule has 1 atom stereocenters. The van der Waals surface area contributed by atoms with Crippen LogP contribution in [0.15, 0.2) is 73.2 Å². The van der Waals surface area contributed by atoms with Gasteiger partial charge in [-0.2, -0.15) is 0 Å². The molecule has 7 nitrogen and oxygen atoms in total. The summed E-state index contributed by atoms with van der Waals surface area (Å²) < 4.78 is 5.88. The van der Waals surface area contributed by atoms with Crippen molar-refractivity contribution in [2.45, 2.75) is 12.5 Å². The second-order valence-electron chi connectivity index (χ2n) is 7.17. The molecular weight excluding hydrogens is 394 g/mol. The lowest BCUT2D eigenvalue weighted by Crippen LogP contribution is -2.39. The van der Waals surface area contributed by atoms with Crippen molar-refractivity contribution in [1.82, 2.24) is 15.3 Å². The smallest absolute Gasteiger partial charge is 0.405 e. The van der Waals surface area contributed by atoms with Crippen molar-refractivity contribution in [2.24, 2.45) is 0 Å². The Bertz CT molecular complexity index is 1200. The van der Waals surface area contributed by atoms with E-state index in [-0.39, 0.29) is 6.61 Å². The van der Waals surface area contributed by atoms with Gasteiger partial charge in [0, 0.05) is 34.4 Å². The topological polar surface area (TPSA) is 104 Å². The summed E-state index contributed by atoms with van der Waals surface area (Å²) in [5.41, 5.74) is 4.37. The quantitative estimate of drug-likeness (QED) is 0.372. The monoisotopic (exact) mass is 415 g/mol. The van der Waals surface area contributed by atoms with E-state index < -0.39 is 12.1 Å². The minimum absolute atomic E-state index is 0.154. The number of carboxylic acid groups (broad SMARTS) is 1. The van der Waals surface area contributed by atoms with Crippen LogP contribution in [0, 0.1) is 0 Å². The summed E-state index contributed by atoms with van der Waals surface area (Å²) in [5, 5.41) is 12.8. The molecule has 2 aromatic carbocycles. The number of amides is 1. The third kappa shape index (κ3) is 4.90. The highest BCUT2D eigenvalue weighted by Crippen LogP contribution is 2.24. The largest absolute Gasteiger partial charge is 0.490 e. The van der Waals surface area contributed by atoms with Crippen LogP contribution in [0.3, 0.4) is 0 Å². The molecule has 3 N–H and O–H groups in total. The molecule has 0 radical (unpaired) electrons. The van der Waals surface area contributed by atoms with Crippen LogP contribution >= 0.6 is 0 Å². The first-order chi connectivity index (χ1) is 15.1. The van der Waals surface area contributed by atoms with Crippen molar-refractivity contribution in [2.75, 3.05) is 6.61 Å². The van der Waals surface area contributed by atoms with E-state index in [0.29, 0.717) is 17.7 Å². The molecule has 0 saturated carbocycles. The molecule has 7 heteroatoms. The van der Waals surface area contributed by atoms with Crippen molar-refractivity contribution in [3.05, 3.63) is 84.3 Å². The summed E-state index contributed by atoms with van der Waals surface area (Å²) >= 11 is 0. The summed E-state index contributed by atoms with van der Waals surface area (Å²) in [4.78, 5) is 29.6. The van der Waals surface area contributed by atoms with Gasteiger partial charge in [0.15, 0.2) is 0 Å². The lowest BCUT2D eigenvalue weighted by atomic mass is 10.1. The summed E-state index contributed by atoms with van der Waals surface area (Å²) in [6.07, 6.45) is 5.37. The minimum atomic E-state index is -1.10. The Morgan fingerprint density at radius 1 is 1.13 bits per heavy atom. The summed E-state index contributed by atoms with van der Waals surface area (Å²) in [7, 11) is 0. The van der Waals surface area contributed by atoms with E-state index in [4.69, 9.17) is 4.74 Å². The maximum absolute atomic E-state index is 11.3. The molecule has 2 heterocycles. The van der Waals surface area contributed by atoms with Crippen LogP contribution in [-0.4, -0.2) is 40.1 Å². The SMILES string of the molecule is O=Cc1ccc(-c2cncc(OCC(Cc3c[nH]c4ccccc34)NC(=O)O)c2)cc1. The zero-order chi connectivity index (χ0) is 21.6. The third-order valence-electron chi connectivity index (χ3n) is 5.01. The van der Waals surface area contributed by atoms with Gasteiger partial charge in [-0.15, -0.1) is 0 Å². The zero-order valence-corrected chi connectivity index (χ0v) is 16.6. The Morgan fingerprint density at radius 3 is 2.71 bits per heavy atom. The van der Waals surface area contributed by atoms with Crippen LogP contribution < -0.4 is 10.1 Å². The average Bonchev–Trinajstić information content (AvgIpc) is 3.20. The number of para-hydroxylation sites is 1. The number of nitrogens with one attached hydrogen (secondary N) is 2. The van der Waals surface area contributed by atoms with Crippen LogP contribution in [0.2, 0.25) is 0 Å². The highest BCUT2D eigenvalue weighted by Gasteiger charge is 2.16. The van der Waals surface area contributed by atoms with Crippen molar-refractivity contribution in [1.29, 1.82) is 0 Å². The van der Waals surface area contributed by atoms with E-state index in [1.807, 2.05) is 48.7 Å². The zero-order valence-electron chi connectivity index (χ0n) is 16.6. The maximum atomic E-state index is 11.3. The molecule has 0 aliphatic heterocycles. The van der Waals surface area contributed by atoms with Gasteiger partial charge in [-0.05, 0) is 29.7 Å². The average molecular weight is 415 g/mol. The number of pyridine rings is 1. The van der Waals surface area contributed by atoms with Crippen molar-refractivity contribution in [3.8, 4) is 16.9 Å². The Morgan fingerprint density at radius 2 is 1.94 bits per heavy atom. The molecule has 0 aliphatic rings. The van der Waals surface area contributed by atoms with Gasteiger partial charge in [0.2, 0.25) is 0 Å². The van der Waals surface area contributed by atoms with Gasteiger partial charge in [-0.25, -0.2) is 4.79 Å². The predicted molar refractivity (Wildman–Crippen MR) is 118 cm³/mol. The fourth-order valence-corrected chi connectivity index (χ4v) is 3.50. The number of nitrogens with zero attached hydrogens (tertiary/aromatic N) is 1. The third-order valence-corrected chi connectivity index (χ3v) is 5.01. The first kappa shape index (κ1) is 20.2. The van der Waals surface area contributed by atoms with Crippen molar-refractivity contribution in [3.63, 3.8) is 0 Å². The molecule has 0 saturated heterocycles. The molecule has 0 fully saturated rings. The molecule has 2 aromatic heterocycles. The van der Waals surface area contributed by atoms with E-state index >= 15 is 0 Å². The number of ether oxygens (including phenoxy) is 1. The Labute approximate surface area is 178 Å². The molecule has 0 aliphatic carbocycles. The van der Waals surface area contributed by atoms with Gasteiger partial charge >= 0.3 is 6.09 Å². The minimum Gasteiger partial charge on any atom is -0.490 e. The van der Waals surface area contributed by atoms with Gasteiger partial charge in [0.25, 0.3) is 0 Å². The molecule has 156 valence electrons. The van der Waals surface area contributed by atoms with Gasteiger partial charge in [-0.1, -0.05) is 42.5 Å². The Balaban J connectivity index is 1.48. The summed E-state index contributed by atoms with van der Waals surface area (Å²) in [6.45, 7) is 0.154. The Hall–Kier alpha value is -4.13. The number of aromatic nitrogens is 2. The predicted octanol–water partition coefficient (Wildman–Crippen LogP) is 4.30. The lowest BCUT2D eigenvalue weighted by molar-refractivity contribution is 0.112. The van der Waals surface area contributed by atoms with E-state index in [9.17, 15) is 14.7 Å². The van der Waals surface area contributed by atoms with Crippen LogP contribution in [0.5, 0.6) is 5.75 Å². The second-order valence-corrected chi connectivity index (χ2v) is 7.17. The molecular formula is C24H21N3O4. The molecule has 0 spiro atoms. The second kappa shape index (κ2) is 9.13. The van der Waals surface area contributed by atoms with E-state index in [1.54, 1.807) is 24.5 Å². The van der Waals surface area contributed by atoms with E-state index in [2.05, 4.69) is 15.3 Å². The van der Waals surface area contributed by atoms with Gasteiger partial charge in [0.1, 0.15) is 18.6 Å². The summed E-state index contributed by atoms with van der Waals surface area (Å²) in [6, 6.07) is 16.5. The van der Waals surface area contributed by atoms with Crippen LogP contribution in [-0.2, 0) is 6.42 Å². The number of hydrogen-bond acceptors (Lipinski definition) is 4. The fourth-order valence-electron chi connectivity index (χ4n) is 3.50. The number of carbonyl (C=O) groups excluding carboxylic acids is 1. The number of fused-ring (bicyclic) bond motifs is 1. The number of carbonyl (C=O) groups is 2. The highest BCUT2D eigenvalue weighted by molar-refractivity contribution is 5.83. The molecule has 1 unspecified atom stereocenters. The summed E-state index contributed by atoms with van der Waals surface area (Å²) in [5.74, 6) is 0.535. The number of rotatable bonds is 8. The van der Waals surface area contributed by atoms with E-state index in [0.717, 1.165) is 33.9 Å². The van der Waals surface area contributed by atoms with E-state index in [1.165, 1.54) is 0 Å². The highest BCUT2D eigenvalue weighted by atomic mass is 16.5. The molecule has 0 bridgehead atoms. The number of aromatic amines is 1. The maximum Gasteiger partial charge on any atom is 0.405 e. The van der Waals surface area contributed by atoms with Gasteiger partial charge < -0.3 is 20.1 Å². The lowest BCUT2D eigenvalue weighted by Gasteiger charge is -2.18. The molecule has 4 rings (SSSR count). The van der Waals surface area contributed by atoms with Gasteiger partial charge in [-0.3, -0.25) is 9.78 Å². The van der Waals surface area contributed by atoms with Crippen LogP contribution in [0.4, 0.5) is 4.79 Å². The Kier molecular flexibility index (Phi) is 5.93. The van der Waals surface area contributed by atoms with Crippen LogP contribution in [0.25, 0.3) is 22.0 Å². The first-order valence-corrected chi connectivity index (χ1v) is 9.80. The van der Waals surface area contributed by atoms with Gasteiger partial charge in [0.05, 0.1) is 12.2 Å².